The summed E-state index contributed by atoms with van der Waals surface area (Å²) in [6.07, 6.45) is 2.95. The molecule has 0 atom stereocenters. The van der Waals surface area contributed by atoms with Crippen LogP contribution in [0.1, 0.15) is 10.4 Å². The van der Waals surface area contributed by atoms with Gasteiger partial charge >= 0.3 is 5.97 Å². The molecule has 0 aliphatic heterocycles. The van der Waals surface area contributed by atoms with Crippen molar-refractivity contribution in [2.24, 2.45) is 0 Å². The predicted molar refractivity (Wildman–Crippen MR) is 62.7 cm³/mol. The van der Waals surface area contributed by atoms with Crippen molar-refractivity contribution in [1.29, 1.82) is 0 Å². The molecule has 0 unspecified atom stereocenters. The lowest BCUT2D eigenvalue weighted by molar-refractivity contribution is -0.387. The standard InChI is InChI=1S/C10H6FN3O4S/c11-6-4-7(14(17)18)8(3-5(6)9(15)16)19-10-12-1-2-13-10/h1-4H,(H,12,13)(H,15,16). The van der Waals surface area contributed by atoms with Crippen LogP contribution in [-0.2, 0) is 0 Å². The second kappa shape index (κ2) is 5.06. The van der Waals surface area contributed by atoms with Crippen LogP contribution in [-0.4, -0.2) is 26.0 Å². The molecule has 2 aromatic rings. The number of carbonyl (C=O) groups is 1. The number of nitrogens with zero attached hydrogens (tertiary/aromatic N) is 2. The lowest BCUT2D eigenvalue weighted by Crippen LogP contribution is -2.03. The van der Waals surface area contributed by atoms with Gasteiger partial charge < -0.3 is 10.1 Å². The van der Waals surface area contributed by atoms with Crippen molar-refractivity contribution in [2.75, 3.05) is 0 Å². The number of aromatic nitrogens is 2. The lowest BCUT2D eigenvalue weighted by Gasteiger charge is -2.03. The minimum Gasteiger partial charge on any atom is -0.478 e. The molecule has 0 aliphatic carbocycles. The number of nitro benzene ring substituents is 1. The zero-order valence-corrected chi connectivity index (χ0v) is 9.98. The third-order valence-corrected chi connectivity index (χ3v) is 3.12. The molecule has 19 heavy (non-hydrogen) atoms. The number of imidazole rings is 1. The second-order valence-corrected chi connectivity index (χ2v) is 4.39. The van der Waals surface area contributed by atoms with E-state index >= 15 is 0 Å². The molecule has 1 heterocycles. The predicted octanol–water partition coefficient (Wildman–Crippen LogP) is 2.31. The first-order chi connectivity index (χ1) is 8.99. The van der Waals surface area contributed by atoms with Crippen molar-refractivity contribution >= 4 is 23.4 Å². The van der Waals surface area contributed by atoms with Crippen molar-refractivity contribution in [2.45, 2.75) is 10.1 Å². The molecular weight excluding hydrogens is 277 g/mol. The Kier molecular flexibility index (Phi) is 3.47. The maximum atomic E-state index is 13.4. The molecular formula is C10H6FN3O4S. The summed E-state index contributed by atoms with van der Waals surface area (Å²) < 4.78 is 13.4. The Morgan fingerprint density at radius 2 is 2.26 bits per heavy atom. The van der Waals surface area contributed by atoms with E-state index in [-0.39, 0.29) is 4.90 Å². The van der Waals surface area contributed by atoms with E-state index in [9.17, 15) is 19.3 Å². The first kappa shape index (κ1) is 13.0. The number of carboxylic acid groups (broad SMARTS) is 1. The fourth-order valence-electron chi connectivity index (χ4n) is 1.34. The lowest BCUT2D eigenvalue weighted by atomic mass is 10.2. The number of nitro groups is 1. The van der Waals surface area contributed by atoms with E-state index in [2.05, 4.69) is 9.97 Å². The Labute approximate surface area is 109 Å². The maximum absolute atomic E-state index is 13.4. The number of hydrogen-bond acceptors (Lipinski definition) is 5. The average Bonchev–Trinajstić information content (AvgIpc) is 2.83. The van der Waals surface area contributed by atoms with E-state index < -0.39 is 28.0 Å². The molecule has 0 aliphatic rings. The number of halogens is 1. The van der Waals surface area contributed by atoms with Gasteiger partial charge in [0.2, 0.25) is 0 Å². The number of carboxylic acids is 1. The van der Waals surface area contributed by atoms with Gasteiger partial charge in [-0.3, -0.25) is 10.1 Å². The molecule has 9 heteroatoms. The van der Waals surface area contributed by atoms with E-state index in [1.807, 2.05) is 0 Å². The van der Waals surface area contributed by atoms with E-state index in [4.69, 9.17) is 5.11 Å². The van der Waals surface area contributed by atoms with E-state index in [1.165, 1.54) is 12.4 Å². The van der Waals surface area contributed by atoms with E-state index in [0.717, 1.165) is 17.8 Å². The number of hydrogen-bond donors (Lipinski definition) is 2. The van der Waals surface area contributed by atoms with Gasteiger partial charge in [-0.1, -0.05) is 0 Å². The minimum atomic E-state index is -1.49. The SMILES string of the molecule is O=C(O)c1cc(Sc2ncc[nH]2)c([N+](=O)[O-])cc1F. The minimum absolute atomic E-state index is 0.00116. The largest absolute Gasteiger partial charge is 0.478 e. The van der Waals surface area contributed by atoms with Crippen LogP contribution < -0.4 is 0 Å². The summed E-state index contributed by atoms with van der Waals surface area (Å²) in [7, 11) is 0. The first-order valence-corrected chi connectivity index (χ1v) is 5.69. The second-order valence-electron chi connectivity index (χ2n) is 3.36. The first-order valence-electron chi connectivity index (χ1n) is 4.87. The van der Waals surface area contributed by atoms with Crippen molar-refractivity contribution in [1.82, 2.24) is 9.97 Å². The molecule has 0 bridgehead atoms. The summed E-state index contributed by atoms with van der Waals surface area (Å²) in [5.41, 5.74) is -1.14. The molecule has 7 nitrogen and oxygen atoms in total. The van der Waals surface area contributed by atoms with Crippen molar-refractivity contribution in [3.8, 4) is 0 Å². The number of aromatic amines is 1. The van der Waals surface area contributed by atoms with Gasteiger partial charge in [0.05, 0.1) is 21.4 Å². The van der Waals surface area contributed by atoms with Gasteiger partial charge in [0.15, 0.2) is 5.16 Å². The topological polar surface area (TPSA) is 109 Å². The zero-order valence-electron chi connectivity index (χ0n) is 9.16. The van der Waals surface area contributed by atoms with Crippen molar-refractivity contribution in [3.05, 3.63) is 46.0 Å². The van der Waals surface area contributed by atoms with Crippen molar-refractivity contribution in [3.63, 3.8) is 0 Å². The Morgan fingerprint density at radius 1 is 1.53 bits per heavy atom. The number of nitrogens with one attached hydrogen (secondary N) is 1. The molecule has 2 rings (SSSR count). The summed E-state index contributed by atoms with van der Waals surface area (Å²) in [6.45, 7) is 0. The van der Waals surface area contributed by atoms with Crippen LogP contribution in [0, 0.1) is 15.9 Å². The highest BCUT2D eigenvalue weighted by Crippen LogP contribution is 2.34. The number of rotatable bonds is 4. The molecule has 0 fully saturated rings. The van der Waals surface area contributed by atoms with Gasteiger partial charge in [0.1, 0.15) is 5.82 Å². The third-order valence-electron chi connectivity index (χ3n) is 2.16. The van der Waals surface area contributed by atoms with Crippen molar-refractivity contribution < 1.29 is 19.2 Å². The van der Waals surface area contributed by atoms with Gasteiger partial charge in [0.25, 0.3) is 5.69 Å². The fraction of sp³-hybridized carbons (Fsp3) is 0. The van der Waals surface area contributed by atoms with Gasteiger partial charge in [-0.05, 0) is 17.8 Å². The smallest absolute Gasteiger partial charge is 0.338 e. The van der Waals surface area contributed by atoms with Gasteiger partial charge in [-0.2, -0.15) is 0 Å². The Balaban J connectivity index is 2.52. The molecule has 1 aromatic heterocycles. The van der Waals surface area contributed by atoms with Gasteiger partial charge in [-0.25, -0.2) is 14.2 Å². The molecule has 0 spiro atoms. The number of H-pyrrole nitrogens is 1. The normalized spacial score (nSPS) is 10.4. The summed E-state index contributed by atoms with van der Waals surface area (Å²) >= 11 is 0.851. The molecule has 98 valence electrons. The van der Waals surface area contributed by atoms with Crippen LogP contribution in [0.25, 0.3) is 0 Å². The number of aromatic carboxylic acids is 1. The molecule has 2 N–H and O–H groups in total. The highest BCUT2D eigenvalue weighted by Gasteiger charge is 2.22. The molecule has 1 aromatic carbocycles. The molecule has 0 radical (unpaired) electrons. The highest BCUT2D eigenvalue weighted by molar-refractivity contribution is 7.99. The number of benzene rings is 1. The van der Waals surface area contributed by atoms with E-state index in [1.54, 1.807) is 0 Å². The van der Waals surface area contributed by atoms with Crippen LogP contribution in [0.3, 0.4) is 0 Å². The van der Waals surface area contributed by atoms with Crippen LogP contribution in [0.4, 0.5) is 10.1 Å². The maximum Gasteiger partial charge on any atom is 0.338 e. The Morgan fingerprint density at radius 3 is 2.79 bits per heavy atom. The third kappa shape index (κ3) is 2.71. The van der Waals surface area contributed by atoms with Crippen LogP contribution >= 0.6 is 11.8 Å². The van der Waals surface area contributed by atoms with Crippen LogP contribution in [0.2, 0.25) is 0 Å². The summed E-state index contributed by atoms with van der Waals surface area (Å²) in [5.74, 6) is -2.64. The molecule has 0 saturated heterocycles. The monoisotopic (exact) mass is 283 g/mol. The average molecular weight is 283 g/mol. The fourth-order valence-corrected chi connectivity index (χ4v) is 2.21. The molecule has 0 saturated carbocycles. The summed E-state index contributed by atoms with van der Waals surface area (Å²) in [6, 6.07) is 1.51. The quantitative estimate of drug-likeness (QED) is 0.658. The molecule has 0 amide bonds. The zero-order chi connectivity index (χ0) is 14.0. The van der Waals surface area contributed by atoms with E-state index in [0.29, 0.717) is 11.2 Å². The summed E-state index contributed by atoms with van der Waals surface area (Å²) in [5, 5.41) is 20.0. The summed E-state index contributed by atoms with van der Waals surface area (Å²) in [4.78, 5) is 27.4. The highest BCUT2D eigenvalue weighted by atomic mass is 32.2. The van der Waals surface area contributed by atoms with Crippen LogP contribution in [0.5, 0.6) is 0 Å². The Hall–Kier alpha value is -2.42. The Bertz CT molecular complexity index is 644. The van der Waals surface area contributed by atoms with Gasteiger partial charge in [0, 0.05) is 12.4 Å². The van der Waals surface area contributed by atoms with Crippen LogP contribution in [0.15, 0.2) is 34.6 Å². The van der Waals surface area contributed by atoms with Gasteiger partial charge in [-0.15, -0.1) is 0 Å².